The minimum atomic E-state index is -3.60. The van der Waals surface area contributed by atoms with Crippen LogP contribution in [0, 0.1) is 0 Å². The van der Waals surface area contributed by atoms with Crippen molar-refractivity contribution < 1.29 is 17.9 Å². The van der Waals surface area contributed by atoms with Gasteiger partial charge in [-0.3, -0.25) is 4.79 Å². The number of primary sulfonamides is 1. The summed E-state index contributed by atoms with van der Waals surface area (Å²) in [6.45, 7) is 3.49. The molecule has 2 N–H and O–H groups in total. The van der Waals surface area contributed by atoms with Crippen LogP contribution in [-0.2, 0) is 19.6 Å². The van der Waals surface area contributed by atoms with Crippen molar-refractivity contribution in [1.29, 1.82) is 0 Å². The molecule has 1 rings (SSSR count). The Morgan fingerprint density at radius 3 is 2.73 bits per heavy atom. The Morgan fingerprint density at radius 2 is 2.27 bits per heavy atom. The zero-order valence-corrected chi connectivity index (χ0v) is 9.50. The third kappa shape index (κ3) is 3.44. The smallest absolute Gasteiger partial charge is 0.224 e. The van der Waals surface area contributed by atoms with Crippen molar-refractivity contribution in [3.63, 3.8) is 0 Å². The van der Waals surface area contributed by atoms with Crippen LogP contribution in [0.25, 0.3) is 0 Å². The first-order valence-corrected chi connectivity index (χ1v) is 6.43. The summed E-state index contributed by atoms with van der Waals surface area (Å²) in [6.07, 6.45) is -0.00897. The monoisotopic (exact) mass is 236 g/mol. The Kier molecular flexibility index (Phi) is 4.06. The number of carbonyl (C=O) groups excluding carboxylic acids is 1. The molecular weight excluding hydrogens is 220 g/mol. The van der Waals surface area contributed by atoms with E-state index in [0.717, 1.165) is 0 Å². The highest BCUT2D eigenvalue weighted by atomic mass is 32.2. The highest BCUT2D eigenvalue weighted by molar-refractivity contribution is 7.89. The Morgan fingerprint density at radius 1 is 1.60 bits per heavy atom. The van der Waals surface area contributed by atoms with Gasteiger partial charge in [-0.05, 0) is 6.92 Å². The van der Waals surface area contributed by atoms with Crippen LogP contribution in [0.15, 0.2) is 0 Å². The Bertz CT molecular complexity index is 328. The molecule has 6 nitrogen and oxygen atoms in total. The van der Waals surface area contributed by atoms with Gasteiger partial charge in [-0.2, -0.15) is 0 Å². The molecule has 0 spiro atoms. The van der Waals surface area contributed by atoms with Gasteiger partial charge in [-0.1, -0.05) is 0 Å². The van der Waals surface area contributed by atoms with Crippen molar-refractivity contribution in [2.45, 2.75) is 18.6 Å². The fourth-order valence-electron chi connectivity index (χ4n) is 1.49. The number of carbonyl (C=O) groups is 1. The summed E-state index contributed by atoms with van der Waals surface area (Å²) < 4.78 is 27.1. The molecule has 1 aliphatic rings. The fourth-order valence-corrected chi connectivity index (χ4v) is 2.25. The van der Waals surface area contributed by atoms with Crippen molar-refractivity contribution in [3.8, 4) is 0 Å². The molecule has 7 heteroatoms. The van der Waals surface area contributed by atoms with Crippen molar-refractivity contribution in [3.05, 3.63) is 0 Å². The molecule has 1 aliphatic heterocycles. The Labute approximate surface area is 89.4 Å². The van der Waals surface area contributed by atoms with E-state index >= 15 is 0 Å². The number of rotatable bonds is 5. The molecular formula is C8H16N2O4S. The predicted octanol–water partition coefficient (Wildman–Crippen LogP) is -1.09. The number of likely N-dealkylation sites (tertiary alicyclic amines) is 1. The molecule has 1 atom stereocenters. The first-order chi connectivity index (χ1) is 6.95. The lowest BCUT2D eigenvalue weighted by atomic mass is 10.4. The van der Waals surface area contributed by atoms with Gasteiger partial charge in [0, 0.05) is 26.1 Å². The van der Waals surface area contributed by atoms with Gasteiger partial charge in [-0.25, -0.2) is 13.6 Å². The first-order valence-electron chi connectivity index (χ1n) is 4.82. The third-order valence-electron chi connectivity index (χ3n) is 2.35. The first kappa shape index (κ1) is 12.4. The molecule has 1 fully saturated rings. The predicted molar refractivity (Wildman–Crippen MR) is 54.6 cm³/mol. The van der Waals surface area contributed by atoms with Crippen LogP contribution in [0.4, 0.5) is 0 Å². The average Bonchev–Trinajstić information content (AvgIpc) is 2.48. The second-order valence-corrected chi connectivity index (χ2v) is 5.30. The molecule has 0 radical (unpaired) electrons. The molecule has 0 saturated carbocycles. The second-order valence-electron chi connectivity index (χ2n) is 3.45. The van der Waals surface area contributed by atoms with E-state index in [-0.39, 0.29) is 18.9 Å². The summed E-state index contributed by atoms with van der Waals surface area (Å²) in [5, 5.41) is 4.22. The number of amides is 1. The molecule has 0 bridgehead atoms. The fraction of sp³-hybridized carbons (Fsp3) is 0.875. The van der Waals surface area contributed by atoms with Gasteiger partial charge in [0.15, 0.2) is 0 Å². The quantitative estimate of drug-likeness (QED) is 0.614. The standard InChI is InChI=1S/C8H16N2O4S/c1-2-14-4-3-10-6-7(5-8(10)11)15(9,12)13/h7H,2-6H2,1H3,(H2,9,12,13). The lowest BCUT2D eigenvalue weighted by Crippen LogP contribution is -2.33. The molecule has 0 aliphatic carbocycles. The number of sulfonamides is 1. The number of hydrogen-bond acceptors (Lipinski definition) is 4. The highest BCUT2D eigenvalue weighted by Crippen LogP contribution is 2.15. The van der Waals surface area contributed by atoms with Crippen molar-refractivity contribution in [1.82, 2.24) is 4.90 Å². The summed E-state index contributed by atoms with van der Waals surface area (Å²) in [5.41, 5.74) is 0. The molecule has 0 aromatic rings. The molecule has 0 aromatic carbocycles. The van der Waals surface area contributed by atoms with E-state index in [1.54, 1.807) is 0 Å². The van der Waals surface area contributed by atoms with Gasteiger partial charge in [0.25, 0.3) is 0 Å². The van der Waals surface area contributed by atoms with Gasteiger partial charge in [0.1, 0.15) is 5.25 Å². The Balaban J connectivity index is 2.46. The van der Waals surface area contributed by atoms with Crippen molar-refractivity contribution >= 4 is 15.9 Å². The zero-order valence-electron chi connectivity index (χ0n) is 8.68. The molecule has 1 saturated heterocycles. The van der Waals surface area contributed by atoms with E-state index in [1.807, 2.05) is 6.92 Å². The topological polar surface area (TPSA) is 89.7 Å². The lowest BCUT2D eigenvalue weighted by molar-refractivity contribution is -0.128. The van der Waals surface area contributed by atoms with E-state index < -0.39 is 15.3 Å². The minimum absolute atomic E-state index is 0.00897. The van der Waals surface area contributed by atoms with Crippen LogP contribution in [-0.4, -0.2) is 50.8 Å². The maximum atomic E-state index is 11.4. The van der Waals surface area contributed by atoms with Gasteiger partial charge in [0.2, 0.25) is 15.9 Å². The van der Waals surface area contributed by atoms with Crippen LogP contribution in [0.3, 0.4) is 0 Å². The number of hydrogen-bond donors (Lipinski definition) is 1. The number of nitrogens with zero attached hydrogens (tertiary/aromatic N) is 1. The Hall–Kier alpha value is -0.660. The van der Waals surface area contributed by atoms with E-state index in [2.05, 4.69) is 0 Å². The largest absolute Gasteiger partial charge is 0.380 e. The summed E-state index contributed by atoms with van der Waals surface area (Å²) in [4.78, 5) is 12.9. The SMILES string of the molecule is CCOCCN1CC(S(N)(=O)=O)CC1=O. The molecule has 1 heterocycles. The normalized spacial score (nSPS) is 22.4. The molecule has 15 heavy (non-hydrogen) atoms. The lowest BCUT2D eigenvalue weighted by Gasteiger charge is -2.15. The maximum absolute atomic E-state index is 11.4. The third-order valence-corrected chi connectivity index (χ3v) is 3.60. The van der Waals surface area contributed by atoms with Crippen LogP contribution in [0.1, 0.15) is 13.3 Å². The second kappa shape index (κ2) is 4.91. The van der Waals surface area contributed by atoms with Crippen LogP contribution < -0.4 is 5.14 Å². The summed E-state index contributed by atoms with van der Waals surface area (Å²) in [6, 6.07) is 0. The van der Waals surface area contributed by atoms with E-state index in [4.69, 9.17) is 9.88 Å². The minimum Gasteiger partial charge on any atom is -0.380 e. The summed E-state index contributed by atoms with van der Waals surface area (Å²) >= 11 is 0. The summed E-state index contributed by atoms with van der Waals surface area (Å²) in [7, 11) is -3.60. The van der Waals surface area contributed by atoms with Crippen molar-refractivity contribution in [2.24, 2.45) is 5.14 Å². The van der Waals surface area contributed by atoms with E-state index in [1.165, 1.54) is 4.90 Å². The average molecular weight is 236 g/mol. The van der Waals surface area contributed by atoms with Crippen LogP contribution >= 0.6 is 0 Å². The van der Waals surface area contributed by atoms with Gasteiger partial charge >= 0.3 is 0 Å². The summed E-state index contributed by atoms with van der Waals surface area (Å²) in [5.74, 6) is -0.172. The zero-order chi connectivity index (χ0) is 11.5. The highest BCUT2D eigenvalue weighted by Gasteiger charge is 2.35. The van der Waals surface area contributed by atoms with E-state index in [0.29, 0.717) is 19.8 Å². The van der Waals surface area contributed by atoms with Crippen molar-refractivity contribution in [2.75, 3.05) is 26.3 Å². The maximum Gasteiger partial charge on any atom is 0.224 e. The van der Waals surface area contributed by atoms with Gasteiger partial charge in [0.05, 0.1) is 6.61 Å². The molecule has 88 valence electrons. The van der Waals surface area contributed by atoms with Gasteiger partial charge < -0.3 is 9.64 Å². The van der Waals surface area contributed by atoms with Gasteiger partial charge in [-0.15, -0.1) is 0 Å². The number of nitrogens with two attached hydrogens (primary N) is 1. The van der Waals surface area contributed by atoms with Crippen LogP contribution in [0.5, 0.6) is 0 Å². The molecule has 1 amide bonds. The van der Waals surface area contributed by atoms with E-state index in [9.17, 15) is 13.2 Å². The molecule has 1 unspecified atom stereocenters. The molecule has 0 aromatic heterocycles. The van der Waals surface area contributed by atoms with Crippen LogP contribution in [0.2, 0.25) is 0 Å². The number of ether oxygens (including phenoxy) is 1.